The molecule has 0 aromatic heterocycles. The predicted molar refractivity (Wildman–Crippen MR) is 98.3 cm³/mol. The molecule has 0 aliphatic carbocycles. The van der Waals surface area contributed by atoms with Crippen LogP contribution in [-0.2, 0) is 6.42 Å². The molecule has 0 aliphatic rings. The highest BCUT2D eigenvalue weighted by Crippen LogP contribution is 2.21. The number of rotatable bonds is 10. The van der Waals surface area contributed by atoms with E-state index in [0.29, 0.717) is 6.04 Å². The Bertz CT molecular complexity index is 341. The van der Waals surface area contributed by atoms with Gasteiger partial charge in [0.15, 0.2) is 0 Å². The van der Waals surface area contributed by atoms with Crippen LogP contribution in [0.1, 0.15) is 58.4 Å². The third-order valence-electron chi connectivity index (χ3n) is 3.91. The second kappa shape index (κ2) is 10.6. The van der Waals surface area contributed by atoms with E-state index in [0.717, 1.165) is 12.5 Å². The zero-order valence-electron chi connectivity index (χ0n) is 13.3. The molecule has 2 heteroatoms. The number of benzene rings is 1. The zero-order chi connectivity index (χ0) is 14.8. The summed E-state index contributed by atoms with van der Waals surface area (Å²) in [4.78, 5) is 0. The summed E-state index contributed by atoms with van der Waals surface area (Å²) in [5.74, 6) is 0.816. The van der Waals surface area contributed by atoms with E-state index in [9.17, 15) is 0 Å². The van der Waals surface area contributed by atoms with Gasteiger partial charge in [-0.25, -0.2) is 0 Å². The lowest BCUT2D eigenvalue weighted by molar-refractivity contribution is 0.308. The van der Waals surface area contributed by atoms with Crippen molar-refractivity contribution < 1.29 is 0 Å². The number of halogens is 1. The first kappa shape index (κ1) is 18.0. The molecule has 0 spiro atoms. The van der Waals surface area contributed by atoms with Crippen molar-refractivity contribution in [2.45, 2.75) is 65.3 Å². The van der Waals surface area contributed by atoms with Gasteiger partial charge in [-0.05, 0) is 78.4 Å². The maximum atomic E-state index is 3.80. The van der Waals surface area contributed by atoms with Crippen LogP contribution >= 0.6 is 22.6 Å². The lowest BCUT2D eigenvalue weighted by Crippen LogP contribution is -2.38. The Kier molecular flexibility index (Phi) is 9.53. The molecule has 0 bridgehead atoms. The van der Waals surface area contributed by atoms with Crippen molar-refractivity contribution in [3.8, 4) is 0 Å². The van der Waals surface area contributed by atoms with E-state index in [1.54, 1.807) is 0 Å². The molecular weight excluding hydrogens is 357 g/mol. The van der Waals surface area contributed by atoms with Gasteiger partial charge in [0.1, 0.15) is 0 Å². The van der Waals surface area contributed by atoms with Crippen molar-refractivity contribution in [1.82, 2.24) is 5.32 Å². The maximum absolute atomic E-state index is 3.80. The van der Waals surface area contributed by atoms with E-state index >= 15 is 0 Å². The predicted octanol–water partition coefficient (Wildman–Crippen LogP) is 5.42. The van der Waals surface area contributed by atoms with Gasteiger partial charge in [0.2, 0.25) is 0 Å². The van der Waals surface area contributed by atoms with Crippen molar-refractivity contribution in [1.29, 1.82) is 0 Å². The number of nitrogens with one attached hydrogen (secondary N) is 1. The Hall–Kier alpha value is -0.0900. The van der Waals surface area contributed by atoms with Gasteiger partial charge in [0.25, 0.3) is 0 Å². The van der Waals surface area contributed by atoms with Crippen molar-refractivity contribution in [2.24, 2.45) is 5.92 Å². The third kappa shape index (κ3) is 6.57. The van der Waals surface area contributed by atoms with Crippen LogP contribution in [0.25, 0.3) is 0 Å². The van der Waals surface area contributed by atoms with Gasteiger partial charge >= 0.3 is 0 Å². The van der Waals surface area contributed by atoms with Gasteiger partial charge in [0, 0.05) is 9.61 Å². The molecule has 1 aromatic carbocycles. The minimum atomic E-state index is 0.634. The van der Waals surface area contributed by atoms with Crippen LogP contribution in [0.4, 0.5) is 0 Å². The molecule has 1 atom stereocenters. The smallest absolute Gasteiger partial charge is 0.0136 e. The van der Waals surface area contributed by atoms with Crippen LogP contribution < -0.4 is 5.32 Å². The molecule has 1 rings (SSSR count). The molecule has 1 aromatic rings. The third-order valence-corrected chi connectivity index (χ3v) is 4.63. The molecule has 0 fully saturated rings. The first-order valence-electron chi connectivity index (χ1n) is 8.19. The van der Waals surface area contributed by atoms with Gasteiger partial charge in [-0.1, -0.05) is 45.7 Å². The standard InChI is InChI=1S/C18H30IN/c1-4-7-16(8-5-2)18(20-13-6-3)14-15-9-11-17(19)12-10-15/h9-12,16,18,20H,4-8,13-14H2,1-3H3. The second-order valence-corrected chi connectivity index (χ2v) is 6.97. The molecule has 1 N–H and O–H groups in total. The van der Waals surface area contributed by atoms with Crippen molar-refractivity contribution in [3.05, 3.63) is 33.4 Å². The molecule has 0 saturated carbocycles. The highest BCUT2D eigenvalue weighted by molar-refractivity contribution is 14.1. The van der Waals surface area contributed by atoms with Gasteiger partial charge in [-0.3, -0.25) is 0 Å². The fourth-order valence-corrected chi connectivity index (χ4v) is 3.26. The quantitative estimate of drug-likeness (QED) is 0.529. The van der Waals surface area contributed by atoms with Gasteiger partial charge in [-0.15, -0.1) is 0 Å². The molecule has 0 saturated heterocycles. The molecule has 0 aliphatic heterocycles. The Balaban J connectivity index is 2.72. The average Bonchev–Trinajstić information content (AvgIpc) is 2.45. The minimum Gasteiger partial charge on any atom is -0.313 e. The summed E-state index contributed by atoms with van der Waals surface area (Å²) in [5.41, 5.74) is 1.47. The Morgan fingerprint density at radius 3 is 2.05 bits per heavy atom. The molecule has 0 radical (unpaired) electrons. The molecule has 20 heavy (non-hydrogen) atoms. The van der Waals surface area contributed by atoms with E-state index in [2.05, 4.69) is 72.9 Å². The van der Waals surface area contributed by atoms with Crippen LogP contribution in [0.15, 0.2) is 24.3 Å². The summed E-state index contributed by atoms with van der Waals surface area (Å²) < 4.78 is 1.32. The molecule has 0 heterocycles. The first-order chi connectivity index (χ1) is 9.71. The van der Waals surface area contributed by atoms with Crippen LogP contribution in [0.3, 0.4) is 0 Å². The Morgan fingerprint density at radius 2 is 1.55 bits per heavy atom. The van der Waals surface area contributed by atoms with Crippen molar-refractivity contribution in [3.63, 3.8) is 0 Å². The zero-order valence-corrected chi connectivity index (χ0v) is 15.4. The summed E-state index contributed by atoms with van der Waals surface area (Å²) in [6.07, 6.45) is 7.66. The summed E-state index contributed by atoms with van der Waals surface area (Å²) >= 11 is 2.38. The van der Waals surface area contributed by atoms with Crippen molar-refractivity contribution >= 4 is 22.6 Å². The first-order valence-corrected chi connectivity index (χ1v) is 9.26. The Labute approximate surface area is 139 Å². The number of hydrogen-bond donors (Lipinski definition) is 1. The fourth-order valence-electron chi connectivity index (χ4n) is 2.90. The molecule has 114 valence electrons. The summed E-state index contributed by atoms with van der Waals surface area (Å²) in [6, 6.07) is 9.66. The topological polar surface area (TPSA) is 12.0 Å². The lowest BCUT2D eigenvalue weighted by atomic mass is 9.86. The van der Waals surface area contributed by atoms with Gasteiger partial charge in [0.05, 0.1) is 0 Å². The fraction of sp³-hybridized carbons (Fsp3) is 0.667. The monoisotopic (exact) mass is 387 g/mol. The lowest BCUT2D eigenvalue weighted by Gasteiger charge is -2.28. The molecule has 1 unspecified atom stereocenters. The highest BCUT2D eigenvalue weighted by Gasteiger charge is 2.19. The van der Waals surface area contributed by atoms with Crippen LogP contribution in [0, 0.1) is 9.49 Å². The average molecular weight is 387 g/mol. The van der Waals surface area contributed by atoms with E-state index in [-0.39, 0.29) is 0 Å². The van der Waals surface area contributed by atoms with Gasteiger partial charge in [-0.2, -0.15) is 0 Å². The van der Waals surface area contributed by atoms with E-state index in [1.165, 1.54) is 47.7 Å². The summed E-state index contributed by atoms with van der Waals surface area (Å²) in [5, 5.41) is 3.80. The van der Waals surface area contributed by atoms with Crippen molar-refractivity contribution in [2.75, 3.05) is 6.54 Å². The summed E-state index contributed by atoms with van der Waals surface area (Å²) in [7, 11) is 0. The molecule has 1 nitrogen and oxygen atoms in total. The van der Waals surface area contributed by atoms with E-state index < -0.39 is 0 Å². The van der Waals surface area contributed by atoms with Crippen LogP contribution in [0.5, 0.6) is 0 Å². The molecular formula is C18H30IN. The SMILES string of the molecule is CCCNC(Cc1ccc(I)cc1)C(CCC)CCC. The normalized spacial score (nSPS) is 12.8. The summed E-state index contributed by atoms with van der Waals surface area (Å²) in [6.45, 7) is 8.01. The highest BCUT2D eigenvalue weighted by atomic mass is 127. The van der Waals surface area contributed by atoms with Gasteiger partial charge < -0.3 is 5.32 Å². The maximum Gasteiger partial charge on any atom is 0.0136 e. The van der Waals surface area contributed by atoms with E-state index in [1.807, 2.05) is 0 Å². The Morgan fingerprint density at radius 1 is 0.950 bits per heavy atom. The van der Waals surface area contributed by atoms with Crippen LogP contribution in [0.2, 0.25) is 0 Å². The molecule has 0 amide bonds. The van der Waals surface area contributed by atoms with E-state index in [4.69, 9.17) is 0 Å². The van der Waals surface area contributed by atoms with Crippen LogP contribution in [-0.4, -0.2) is 12.6 Å². The number of hydrogen-bond acceptors (Lipinski definition) is 1. The minimum absolute atomic E-state index is 0.634. The second-order valence-electron chi connectivity index (χ2n) is 5.73. The largest absolute Gasteiger partial charge is 0.313 e.